The van der Waals surface area contributed by atoms with Gasteiger partial charge in [0.2, 0.25) is 5.91 Å². The number of piperidine rings is 1. The van der Waals surface area contributed by atoms with Crippen LogP contribution >= 0.6 is 24.0 Å². The lowest BCUT2D eigenvalue weighted by atomic mass is 9.82. The zero-order valence-corrected chi connectivity index (χ0v) is 12.2. The Labute approximate surface area is 123 Å². The molecule has 0 radical (unpaired) electrons. The van der Waals surface area contributed by atoms with Crippen LogP contribution in [0.5, 0.6) is 0 Å². The predicted octanol–water partition coefficient (Wildman–Crippen LogP) is 3.23. The normalized spacial score (nSPS) is 22.5. The minimum Gasteiger partial charge on any atom is -0.323 e. The number of hydrogen-bond donors (Lipinski definition) is 2. The molecule has 1 aliphatic heterocycles. The lowest BCUT2D eigenvalue weighted by Gasteiger charge is -2.32. The first-order valence-electron chi connectivity index (χ1n) is 5.98. The number of benzene rings is 1. The van der Waals surface area contributed by atoms with E-state index < -0.39 is 11.2 Å². The lowest BCUT2D eigenvalue weighted by Crippen LogP contribution is -2.46. The van der Waals surface area contributed by atoms with E-state index in [1.165, 1.54) is 12.1 Å². The standard InChI is InChI=1S/C13H16ClFN2O.ClH/c1-13(5-2-6-16-8-13)12(18)17-11-4-3-9(14)7-10(11)15;/h3-4,7,16H,2,5-6,8H2,1H3,(H,17,18);1H. The molecule has 1 amide bonds. The number of carbonyl (C=O) groups is 1. The number of carbonyl (C=O) groups excluding carboxylic acids is 1. The van der Waals surface area contributed by atoms with Crippen molar-refractivity contribution in [1.29, 1.82) is 0 Å². The van der Waals surface area contributed by atoms with E-state index >= 15 is 0 Å². The van der Waals surface area contributed by atoms with Crippen LogP contribution in [0.4, 0.5) is 10.1 Å². The summed E-state index contributed by atoms with van der Waals surface area (Å²) in [4.78, 5) is 12.2. The van der Waals surface area contributed by atoms with Gasteiger partial charge in [0.05, 0.1) is 11.1 Å². The van der Waals surface area contributed by atoms with Crippen molar-refractivity contribution in [3.05, 3.63) is 29.0 Å². The molecular weight excluding hydrogens is 290 g/mol. The van der Waals surface area contributed by atoms with Gasteiger partial charge in [0.25, 0.3) is 0 Å². The Kier molecular flexibility index (Phi) is 5.59. The maximum absolute atomic E-state index is 13.6. The summed E-state index contributed by atoms with van der Waals surface area (Å²) in [6.45, 7) is 3.44. The van der Waals surface area contributed by atoms with Crippen LogP contribution in [0.15, 0.2) is 18.2 Å². The summed E-state index contributed by atoms with van der Waals surface area (Å²) in [6.07, 6.45) is 1.76. The van der Waals surface area contributed by atoms with Crippen molar-refractivity contribution in [3.63, 3.8) is 0 Å². The monoisotopic (exact) mass is 306 g/mol. The third-order valence-corrected chi connectivity index (χ3v) is 3.56. The summed E-state index contributed by atoms with van der Waals surface area (Å²) in [5, 5.41) is 6.14. The van der Waals surface area contributed by atoms with Crippen molar-refractivity contribution >= 4 is 35.6 Å². The smallest absolute Gasteiger partial charge is 0.231 e. The fourth-order valence-corrected chi connectivity index (χ4v) is 2.27. The van der Waals surface area contributed by atoms with Gasteiger partial charge in [-0.25, -0.2) is 4.39 Å². The van der Waals surface area contributed by atoms with E-state index in [1.807, 2.05) is 6.92 Å². The molecule has 0 spiro atoms. The first kappa shape index (κ1) is 16.2. The molecule has 1 atom stereocenters. The van der Waals surface area contributed by atoms with Crippen LogP contribution in [0.3, 0.4) is 0 Å². The SMILES string of the molecule is CC1(C(=O)Nc2ccc(Cl)cc2F)CCCNC1.Cl. The van der Waals surface area contributed by atoms with E-state index in [9.17, 15) is 9.18 Å². The van der Waals surface area contributed by atoms with Crippen LogP contribution < -0.4 is 10.6 Å². The van der Waals surface area contributed by atoms with Gasteiger partial charge in [-0.3, -0.25) is 4.79 Å². The molecule has 0 aromatic heterocycles. The van der Waals surface area contributed by atoms with Crippen molar-refractivity contribution in [3.8, 4) is 0 Å². The second kappa shape index (κ2) is 6.55. The van der Waals surface area contributed by atoms with Gasteiger partial charge < -0.3 is 10.6 Å². The van der Waals surface area contributed by atoms with Crippen LogP contribution in [0.1, 0.15) is 19.8 Å². The molecule has 6 heteroatoms. The second-order valence-electron chi connectivity index (χ2n) is 4.92. The Balaban J connectivity index is 0.00000180. The van der Waals surface area contributed by atoms with E-state index in [0.29, 0.717) is 11.6 Å². The number of amides is 1. The molecule has 3 nitrogen and oxygen atoms in total. The van der Waals surface area contributed by atoms with Crippen LogP contribution in [-0.4, -0.2) is 19.0 Å². The van der Waals surface area contributed by atoms with Gasteiger partial charge in [0.15, 0.2) is 0 Å². The lowest BCUT2D eigenvalue weighted by molar-refractivity contribution is -0.125. The van der Waals surface area contributed by atoms with E-state index in [2.05, 4.69) is 10.6 Å². The van der Waals surface area contributed by atoms with E-state index in [-0.39, 0.29) is 24.0 Å². The molecule has 1 aliphatic rings. The molecule has 106 valence electrons. The van der Waals surface area contributed by atoms with Crippen LogP contribution in [0, 0.1) is 11.2 Å². The molecular formula is C13H17Cl2FN2O. The molecule has 1 unspecified atom stereocenters. The molecule has 1 fully saturated rings. The van der Waals surface area contributed by atoms with Gasteiger partial charge in [-0.15, -0.1) is 12.4 Å². The Hall–Kier alpha value is -0.840. The van der Waals surface area contributed by atoms with Crippen molar-refractivity contribution in [2.24, 2.45) is 5.41 Å². The minimum atomic E-state index is -0.511. The van der Waals surface area contributed by atoms with Gasteiger partial charge >= 0.3 is 0 Å². The minimum absolute atomic E-state index is 0. The fourth-order valence-electron chi connectivity index (χ4n) is 2.11. The third kappa shape index (κ3) is 3.81. The number of hydrogen-bond acceptors (Lipinski definition) is 2. The number of anilines is 1. The zero-order chi connectivity index (χ0) is 13.2. The highest BCUT2D eigenvalue weighted by Gasteiger charge is 2.34. The Morgan fingerprint density at radius 1 is 1.53 bits per heavy atom. The van der Waals surface area contributed by atoms with Crippen molar-refractivity contribution in [1.82, 2.24) is 5.32 Å². The highest BCUT2D eigenvalue weighted by Crippen LogP contribution is 2.28. The van der Waals surface area contributed by atoms with E-state index in [4.69, 9.17) is 11.6 Å². The molecule has 0 aliphatic carbocycles. The van der Waals surface area contributed by atoms with Gasteiger partial charge in [-0.1, -0.05) is 11.6 Å². The molecule has 1 heterocycles. The Morgan fingerprint density at radius 2 is 2.26 bits per heavy atom. The van der Waals surface area contributed by atoms with Gasteiger partial charge in [-0.05, 0) is 44.5 Å². The van der Waals surface area contributed by atoms with Gasteiger partial charge in [-0.2, -0.15) is 0 Å². The van der Waals surface area contributed by atoms with Gasteiger partial charge in [0.1, 0.15) is 5.82 Å². The van der Waals surface area contributed by atoms with Gasteiger partial charge in [0, 0.05) is 11.6 Å². The number of halogens is 3. The second-order valence-corrected chi connectivity index (χ2v) is 5.36. The molecule has 1 aromatic rings. The van der Waals surface area contributed by atoms with E-state index in [1.54, 1.807) is 6.07 Å². The largest absolute Gasteiger partial charge is 0.323 e. The molecule has 19 heavy (non-hydrogen) atoms. The first-order valence-corrected chi connectivity index (χ1v) is 6.36. The van der Waals surface area contributed by atoms with E-state index in [0.717, 1.165) is 19.4 Å². The Morgan fingerprint density at radius 3 is 2.84 bits per heavy atom. The number of nitrogens with one attached hydrogen (secondary N) is 2. The zero-order valence-electron chi connectivity index (χ0n) is 10.6. The topological polar surface area (TPSA) is 41.1 Å². The summed E-state index contributed by atoms with van der Waals surface area (Å²) >= 11 is 5.67. The predicted molar refractivity (Wildman–Crippen MR) is 77.5 cm³/mol. The summed E-state index contributed by atoms with van der Waals surface area (Å²) in [6, 6.07) is 4.23. The Bertz CT molecular complexity index is 462. The summed E-state index contributed by atoms with van der Waals surface area (Å²) < 4.78 is 13.6. The average Bonchev–Trinajstić information content (AvgIpc) is 2.33. The summed E-state index contributed by atoms with van der Waals surface area (Å²) in [5.41, 5.74) is -0.305. The third-order valence-electron chi connectivity index (χ3n) is 3.32. The van der Waals surface area contributed by atoms with Crippen molar-refractivity contribution in [2.45, 2.75) is 19.8 Å². The maximum Gasteiger partial charge on any atom is 0.231 e. The molecule has 2 N–H and O–H groups in total. The highest BCUT2D eigenvalue weighted by atomic mass is 35.5. The van der Waals surface area contributed by atoms with Crippen molar-refractivity contribution < 1.29 is 9.18 Å². The maximum atomic E-state index is 13.6. The average molecular weight is 307 g/mol. The highest BCUT2D eigenvalue weighted by molar-refractivity contribution is 6.30. The molecule has 0 bridgehead atoms. The molecule has 1 aromatic carbocycles. The summed E-state index contributed by atoms with van der Waals surface area (Å²) in [5.74, 6) is -0.667. The molecule has 1 saturated heterocycles. The molecule has 2 rings (SSSR count). The van der Waals surface area contributed by atoms with Crippen LogP contribution in [0.2, 0.25) is 5.02 Å². The summed E-state index contributed by atoms with van der Waals surface area (Å²) in [7, 11) is 0. The quantitative estimate of drug-likeness (QED) is 0.881. The first-order chi connectivity index (χ1) is 8.51. The van der Waals surface area contributed by atoms with Crippen LogP contribution in [-0.2, 0) is 4.79 Å². The fraction of sp³-hybridized carbons (Fsp3) is 0.462. The van der Waals surface area contributed by atoms with Crippen molar-refractivity contribution in [2.75, 3.05) is 18.4 Å². The van der Waals surface area contributed by atoms with Crippen LogP contribution in [0.25, 0.3) is 0 Å². The number of rotatable bonds is 2. The molecule has 0 saturated carbocycles.